The molecular weight excluding hydrogens is 510 g/mol. The fourth-order valence-corrected chi connectivity index (χ4v) is 5.30. The molecule has 39 heavy (non-hydrogen) atoms. The summed E-state index contributed by atoms with van der Waals surface area (Å²) in [5.74, 6) is 2.27. The summed E-state index contributed by atoms with van der Waals surface area (Å²) in [6.45, 7) is 3.10. The molecule has 9 heteroatoms. The zero-order valence-corrected chi connectivity index (χ0v) is 22.3. The molecule has 2 fully saturated rings. The van der Waals surface area contributed by atoms with Crippen molar-refractivity contribution < 1.29 is 4.74 Å². The van der Waals surface area contributed by atoms with Crippen LogP contribution in [0, 0.1) is 28.1 Å². The summed E-state index contributed by atoms with van der Waals surface area (Å²) >= 11 is 5.99. The third kappa shape index (κ3) is 5.73. The lowest BCUT2D eigenvalue weighted by atomic mass is 10.1. The molecule has 4 aromatic rings. The summed E-state index contributed by atoms with van der Waals surface area (Å²) in [7, 11) is 0. The Balaban J connectivity index is 1.10. The number of nitriles is 2. The Kier molecular flexibility index (Phi) is 6.91. The second-order valence-electron chi connectivity index (χ2n) is 10.5. The number of likely N-dealkylation sites (tertiary alicyclic amines) is 1. The highest BCUT2D eigenvalue weighted by Crippen LogP contribution is 2.47. The van der Waals surface area contributed by atoms with Crippen molar-refractivity contribution in [2.75, 3.05) is 13.1 Å². The Morgan fingerprint density at radius 3 is 2.54 bits per heavy atom. The second kappa shape index (κ2) is 10.6. The maximum absolute atomic E-state index is 9.71. The fraction of sp³-hybridized carbons (Fsp3) is 0.367. The van der Waals surface area contributed by atoms with Crippen molar-refractivity contribution >= 4 is 22.6 Å². The van der Waals surface area contributed by atoms with E-state index in [4.69, 9.17) is 21.3 Å². The molecule has 1 saturated carbocycles. The van der Waals surface area contributed by atoms with Gasteiger partial charge in [0, 0.05) is 43.3 Å². The summed E-state index contributed by atoms with van der Waals surface area (Å²) in [5.41, 5.74) is 3.21. The first-order valence-corrected chi connectivity index (χ1v) is 13.7. The van der Waals surface area contributed by atoms with Gasteiger partial charge in [0.05, 0.1) is 40.7 Å². The number of imidazole rings is 1. The van der Waals surface area contributed by atoms with Gasteiger partial charge >= 0.3 is 0 Å². The molecule has 0 radical (unpaired) electrons. The highest BCUT2D eigenvalue weighted by Gasteiger charge is 2.44. The molecule has 0 unspecified atom stereocenters. The summed E-state index contributed by atoms with van der Waals surface area (Å²) in [5, 5.41) is 19.7. The van der Waals surface area contributed by atoms with Gasteiger partial charge in [0.1, 0.15) is 17.8 Å². The van der Waals surface area contributed by atoms with Crippen molar-refractivity contribution in [3.8, 4) is 18.0 Å². The van der Waals surface area contributed by atoms with Crippen LogP contribution in [0.5, 0.6) is 5.88 Å². The predicted octanol–water partition coefficient (Wildman–Crippen LogP) is 5.29. The monoisotopic (exact) mass is 537 g/mol. The van der Waals surface area contributed by atoms with Gasteiger partial charge in [0.2, 0.25) is 5.88 Å². The van der Waals surface area contributed by atoms with E-state index in [1.54, 1.807) is 6.20 Å². The van der Waals surface area contributed by atoms with Crippen LogP contribution in [0.2, 0.25) is 5.02 Å². The first-order valence-electron chi connectivity index (χ1n) is 13.3. The smallest absolute Gasteiger partial charge is 0.216 e. The molecule has 1 aliphatic carbocycles. The lowest BCUT2D eigenvalue weighted by Gasteiger charge is -2.31. The van der Waals surface area contributed by atoms with Gasteiger partial charge in [-0.3, -0.25) is 4.90 Å². The molecule has 3 heterocycles. The summed E-state index contributed by atoms with van der Waals surface area (Å²) in [4.78, 5) is 16.3. The minimum atomic E-state index is -0.291. The molecule has 8 nitrogen and oxygen atoms in total. The van der Waals surface area contributed by atoms with E-state index in [-0.39, 0.29) is 11.5 Å². The lowest BCUT2D eigenvalue weighted by molar-refractivity contribution is 0.0909. The van der Waals surface area contributed by atoms with E-state index >= 15 is 0 Å². The molecule has 0 atom stereocenters. The van der Waals surface area contributed by atoms with Gasteiger partial charge < -0.3 is 9.30 Å². The van der Waals surface area contributed by atoms with Crippen LogP contribution >= 0.6 is 11.6 Å². The zero-order chi connectivity index (χ0) is 26.8. The molecule has 2 aromatic carbocycles. The number of halogens is 1. The highest BCUT2D eigenvalue weighted by molar-refractivity contribution is 6.30. The molecule has 6 rings (SSSR count). The minimum Gasteiger partial charge on any atom is -0.474 e. The quantitative estimate of drug-likeness (QED) is 0.301. The van der Waals surface area contributed by atoms with Gasteiger partial charge in [0.25, 0.3) is 0 Å². The Hall–Kier alpha value is -3.98. The molecule has 0 spiro atoms. The zero-order valence-electron chi connectivity index (χ0n) is 21.6. The second-order valence-corrected chi connectivity index (χ2v) is 11.0. The van der Waals surface area contributed by atoms with Gasteiger partial charge in [-0.1, -0.05) is 23.7 Å². The van der Waals surface area contributed by atoms with E-state index in [2.05, 4.69) is 31.6 Å². The van der Waals surface area contributed by atoms with Crippen molar-refractivity contribution in [3.05, 3.63) is 82.5 Å². The maximum atomic E-state index is 9.71. The Morgan fingerprint density at radius 2 is 1.82 bits per heavy atom. The number of piperidine rings is 1. The third-order valence-corrected chi connectivity index (χ3v) is 7.90. The van der Waals surface area contributed by atoms with Gasteiger partial charge in [0.15, 0.2) is 0 Å². The number of rotatable bonds is 8. The van der Waals surface area contributed by atoms with Crippen molar-refractivity contribution in [1.82, 2.24) is 24.4 Å². The number of benzene rings is 2. The van der Waals surface area contributed by atoms with Crippen LogP contribution in [0.1, 0.15) is 48.5 Å². The summed E-state index contributed by atoms with van der Waals surface area (Å²) < 4.78 is 8.44. The Morgan fingerprint density at radius 1 is 1.03 bits per heavy atom. The van der Waals surface area contributed by atoms with Crippen molar-refractivity contribution in [3.63, 3.8) is 0 Å². The largest absolute Gasteiger partial charge is 0.474 e. The van der Waals surface area contributed by atoms with Crippen LogP contribution in [0.3, 0.4) is 0 Å². The first kappa shape index (κ1) is 25.3. The Labute approximate surface area is 232 Å². The molecule has 196 valence electrons. The third-order valence-electron chi connectivity index (χ3n) is 7.65. The average Bonchev–Trinajstić information content (AvgIpc) is 3.66. The number of ether oxygens (including phenoxy) is 1. The number of fused-ring (bicyclic) bond motifs is 1. The van der Waals surface area contributed by atoms with Crippen LogP contribution < -0.4 is 4.74 Å². The minimum absolute atomic E-state index is 0.0878. The van der Waals surface area contributed by atoms with E-state index in [1.807, 2.05) is 48.5 Å². The SMILES string of the molecule is N#Cc1ccc2c(c1)nc(CN1CCC(Oc3ccnc(Cc4ccc(Cl)cc4)n3)CC1)n2CC1(C#N)CC1. The van der Waals surface area contributed by atoms with Crippen molar-refractivity contribution in [2.24, 2.45) is 5.41 Å². The summed E-state index contributed by atoms with van der Waals surface area (Å²) in [6.07, 6.45) is 6.08. The highest BCUT2D eigenvalue weighted by atomic mass is 35.5. The predicted molar refractivity (Wildman–Crippen MR) is 147 cm³/mol. The normalized spacial score (nSPS) is 17.0. The Bertz CT molecular complexity index is 1570. The number of hydrogen-bond donors (Lipinski definition) is 0. The summed E-state index contributed by atoms with van der Waals surface area (Å²) in [6, 6.07) is 19.9. The van der Waals surface area contributed by atoms with Crippen LogP contribution in [-0.4, -0.2) is 43.6 Å². The number of aromatic nitrogens is 4. The molecule has 2 aromatic heterocycles. The number of hydrogen-bond acceptors (Lipinski definition) is 7. The van der Waals surface area contributed by atoms with Gasteiger partial charge in [-0.05, 0) is 61.6 Å². The first-order chi connectivity index (χ1) is 19.0. The molecule has 1 aliphatic heterocycles. The van der Waals surface area contributed by atoms with Crippen molar-refractivity contribution in [1.29, 1.82) is 10.5 Å². The molecule has 0 bridgehead atoms. The van der Waals surface area contributed by atoms with E-state index in [0.29, 0.717) is 36.0 Å². The van der Waals surface area contributed by atoms with Crippen LogP contribution in [-0.2, 0) is 19.5 Å². The van der Waals surface area contributed by atoms with E-state index in [1.165, 1.54) is 0 Å². The standard InChI is InChI=1S/C30H28ClN7O/c31-23-4-1-21(2-5-23)16-27-34-12-7-29(36-27)39-24-8-13-37(14-9-24)18-28-35-25-15-22(17-32)3-6-26(25)38(28)20-30(19-33)10-11-30/h1-7,12,15,24H,8-11,13-14,16,18,20H2. The van der Waals surface area contributed by atoms with E-state index < -0.39 is 0 Å². The van der Waals surface area contributed by atoms with Gasteiger partial charge in [-0.2, -0.15) is 15.5 Å². The average molecular weight is 538 g/mol. The van der Waals surface area contributed by atoms with E-state index in [0.717, 1.165) is 67.0 Å². The van der Waals surface area contributed by atoms with Crippen LogP contribution in [0.15, 0.2) is 54.7 Å². The van der Waals surface area contributed by atoms with Crippen LogP contribution in [0.25, 0.3) is 11.0 Å². The fourth-order valence-electron chi connectivity index (χ4n) is 5.18. The molecular formula is C30H28ClN7O. The van der Waals surface area contributed by atoms with Crippen LogP contribution in [0.4, 0.5) is 0 Å². The maximum Gasteiger partial charge on any atom is 0.216 e. The van der Waals surface area contributed by atoms with Crippen molar-refractivity contribution in [2.45, 2.75) is 51.3 Å². The lowest BCUT2D eigenvalue weighted by Crippen LogP contribution is -2.38. The topological polar surface area (TPSA) is 104 Å². The number of nitrogens with zero attached hydrogens (tertiary/aromatic N) is 7. The molecule has 1 saturated heterocycles. The van der Waals surface area contributed by atoms with Gasteiger partial charge in [-0.25, -0.2) is 9.97 Å². The van der Waals surface area contributed by atoms with E-state index in [9.17, 15) is 10.5 Å². The molecule has 2 aliphatic rings. The molecule has 0 N–H and O–H groups in total. The van der Waals surface area contributed by atoms with Gasteiger partial charge in [-0.15, -0.1) is 0 Å². The molecule has 0 amide bonds.